The summed E-state index contributed by atoms with van der Waals surface area (Å²) in [5.41, 5.74) is 0. The molecule has 0 rings (SSSR count). The van der Waals surface area contributed by atoms with Crippen LogP contribution in [0.1, 0.15) is 13.8 Å². The molecule has 0 aromatic rings. The molecule has 0 unspecified atom stereocenters. The van der Waals surface area contributed by atoms with Gasteiger partial charge in [-0.1, -0.05) is 0 Å². The van der Waals surface area contributed by atoms with E-state index in [1.807, 2.05) is 0 Å². The first-order valence-electron chi connectivity index (χ1n) is 1.82. The van der Waals surface area contributed by atoms with E-state index < -0.39 is 11.9 Å². The van der Waals surface area contributed by atoms with Crippen LogP contribution in [-0.2, 0) is 9.59 Å². The minimum Gasteiger partial charge on any atom is -0.550 e. The van der Waals surface area contributed by atoms with E-state index in [9.17, 15) is 0 Å². The molecule has 0 saturated heterocycles. The number of hydrogen-bond donors (Lipinski definition) is 0. The summed E-state index contributed by atoms with van der Waals surface area (Å²) < 4.78 is 0. The fourth-order valence-corrected chi connectivity index (χ4v) is 0. The molecule has 0 aliphatic carbocycles. The number of carboxylic acids is 2. The average Bonchev–Trinajstić information content (AvgIpc) is 1.25. The van der Waals surface area contributed by atoms with E-state index in [1.54, 1.807) is 0 Å². The van der Waals surface area contributed by atoms with Gasteiger partial charge < -0.3 is 19.8 Å². The van der Waals surface area contributed by atoms with Crippen LogP contribution in [0.4, 0.5) is 0 Å². The van der Waals surface area contributed by atoms with Gasteiger partial charge in [0.2, 0.25) is 0 Å². The zero-order chi connectivity index (χ0) is 7.15. The molecule has 0 heterocycles. The standard InChI is InChI=1S/2C2H4O2.Al/c2*1-2(3)4;/h2*1H3,(H,3,4);/q;;+3/p-2. The molecule has 0 aliphatic heterocycles. The van der Waals surface area contributed by atoms with E-state index in [0.29, 0.717) is 0 Å². The van der Waals surface area contributed by atoms with Gasteiger partial charge >= 0.3 is 17.4 Å². The van der Waals surface area contributed by atoms with Gasteiger partial charge in [0, 0.05) is 11.9 Å². The molecule has 0 spiro atoms. The van der Waals surface area contributed by atoms with E-state index in [2.05, 4.69) is 0 Å². The molecule has 0 atom stereocenters. The Morgan fingerprint density at radius 2 is 1.00 bits per heavy atom. The summed E-state index contributed by atoms with van der Waals surface area (Å²) in [7, 11) is 0. The van der Waals surface area contributed by atoms with Crippen LogP contribution < -0.4 is 10.2 Å². The predicted molar refractivity (Wildman–Crippen MR) is 27.1 cm³/mol. The van der Waals surface area contributed by atoms with Gasteiger partial charge in [0.05, 0.1) is 0 Å². The molecule has 9 heavy (non-hydrogen) atoms. The first-order chi connectivity index (χ1) is 3.46. The van der Waals surface area contributed by atoms with Crippen LogP contribution in [0.25, 0.3) is 0 Å². The number of carboxylic acid groups (broad SMARTS) is 2. The maximum atomic E-state index is 8.89. The topological polar surface area (TPSA) is 80.3 Å². The van der Waals surface area contributed by atoms with E-state index >= 15 is 0 Å². The molecule has 0 bridgehead atoms. The Hall–Kier alpha value is -0.528. The van der Waals surface area contributed by atoms with Gasteiger partial charge in [-0.05, 0) is 13.8 Å². The van der Waals surface area contributed by atoms with Crippen molar-refractivity contribution >= 4 is 29.3 Å². The average molecular weight is 145 g/mol. The maximum Gasteiger partial charge on any atom is 3.00 e. The van der Waals surface area contributed by atoms with Gasteiger partial charge in [-0.2, -0.15) is 0 Å². The van der Waals surface area contributed by atoms with Crippen molar-refractivity contribution in [3.05, 3.63) is 0 Å². The van der Waals surface area contributed by atoms with Gasteiger partial charge in [-0.3, -0.25) is 0 Å². The fourth-order valence-electron chi connectivity index (χ4n) is 0. The minimum atomic E-state index is -1.08. The summed E-state index contributed by atoms with van der Waals surface area (Å²) in [6.45, 7) is 1.94. The molecular formula is C4H6AlO4+. The van der Waals surface area contributed by atoms with E-state index in [4.69, 9.17) is 19.8 Å². The van der Waals surface area contributed by atoms with E-state index in [1.165, 1.54) is 0 Å². The third-order valence-corrected chi connectivity index (χ3v) is 0. The largest absolute Gasteiger partial charge is 3.00 e. The van der Waals surface area contributed by atoms with Crippen LogP contribution in [-0.4, -0.2) is 29.3 Å². The quantitative estimate of drug-likeness (QED) is 0.343. The SMILES string of the molecule is CC(=O)[O-].CC(=O)[O-].[Al+3]. The van der Waals surface area contributed by atoms with Gasteiger partial charge in [0.15, 0.2) is 0 Å². The summed E-state index contributed by atoms with van der Waals surface area (Å²) in [5, 5.41) is 17.8. The van der Waals surface area contributed by atoms with Gasteiger partial charge in [-0.25, -0.2) is 0 Å². The van der Waals surface area contributed by atoms with Crippen molar-refractivity contribution < 1.29 is 19.8 Å². The van der Waals surface area contributed by atoms with Crippen LogP contribution in [0.3, 0.4) is 0 Å². The molecular weight excluding hydrogens is 139 g/mol. The van der Waals surface area contributed by atoms with E-state index in [0.717, 1.165) is 13.8 Å². The number of aliphatic carboxylic acids is 2. The third-order valence-electron chi connectivity index (χ3n) is 0. The zero-order valence-electron chi connectivity index (χ0n) is 5.21. The molecule has 0 saturated carbocycles. The predicted octanol–water partition coefficient (Wildman–Crippen LogP) is -2.87. The van der Waals surface area contributed by atoms with Crippen LogP contribution >= 0.6 is 0 Å². The molecule has 0 N–H and O–H groups in total. The summed E-state index contributed by atoms with van der Waals surface area (Å²) in [4.78, 5) is 17.8. The van der Waals surface area contributed by atoms with Gasteiger partial charge in [0.25, 0.3) is 0 Å². The number of rotatable bonds is 0. The molecule has 0 radical (unpaired) electrons. The molecule has 0 aromatic carbocycles. The Labute approximate surface area is 63.6 Å². The van der Waals surface area contributed by atoms with Crippen molar-refractivity contribution in [2.75, 3.05) is 0 Å². The Morgan fingerprint density at radius 3 is 1.00 bits per heavy atom. The molecule has 0 aliphatic rings. The first-order valence-corrected chi connectivity index (χ1v) is 1.82. The van der Waals surface area contributed by atoms with Crippen LogP contribution in [0.2, 0.25) is 0 Å². The Kier molecular flexibility index (Phi) is 18.3. The van der Waals surface area contributed by atoms with Crippen LogP contribution in [0.5, 0.6) is 0 Å². The Morgan fingerprint density at radius 1 is 1.00 bits per heavy atom. The normalized spacial score (nSPS) is 5.56. The van der Waals surface area contributed by atoms with Crippen molar-refractivity contribution in [3.8, 4) is 0 Å². The van der Waals surface area contributed by atoms with Gasteiger partial charge in [-0.15, -0.1) is 0 Å². The number of carbonyl (C=O) groups is 2. The minimum absolute atomic E-state index is 0. The second-order valence-electron chi connectivity index (χ2n) is 0.983. The number of carbonyl (C=O) groups excluding carboxylic acids is 2. The summed E-state index contributed by atoms with van der Waals surface area (Å²) in [6.07, 6.45) is 0. The monoisotopic (exact) mass is 145 g/mol. The van der Waals surface area contributed by atoms with Gasteiger partial charge in [0.1, 0.15) is 0 Å². The maximum absolute atomic E-state index is 8.89. The zero-order valence-corrected chi connectivity index (χ0v) is 6.37. The smallest absolute Gasteiger partial charge is 0.550 e. The molecule has 0 amide bonds. The summed E-state index contributed by atoms with van der Waals surface area (Å²) >= 11 is 0. The third kappa shape index (κ3) is 804. The van der Waals surface area contributed by atoms with Crippen molar-refractivity contribution in [2.24, 2.45) is 0 Å². The van der Waals surface area contributed by atoms with Crippen LogP contribution in [0.15, 0.2) is 0 Å². The molecule has 48 valence electrons. The Balaban J connectivity index is -0.0000000720. The van der Waals surface area contributed by atoms with E-state index in [-0.39, 0.29) is 17.4 Å². The Bertz CT molecular complexity index is 70.6. The van der Waals surface area contributed by atoms with Crippen molar-refractivity contribution in [2.45, 2.75) is 13.8 Å². The fraction of sp³-hybridized carbons (Fsp3) is 0.500. The van der Waals surface area contributed by atoms with Crippen molar-refractivity contribution in [3.63, 3.8) is 0 Å². The molecule has 0 fully saturated rings. The summed E-state index contributed by atoms with van der Waals surface area (Å²) in [5.74, 6) is -2.17. The molecule has 0 aromatic heterocycles. The summed E-state index contributed by atoms with van der Waals surface area (Å²) in [6, 6.07) is 0. The second-order valence-corrected chi connectivity index (χ2v) is 0.983. The number of hydrogen-bond acceptors (Lipinski definition) is 4. The van der Waals surface area contributed by atoms with Crippen LogP contribution in [0, 0.1) is 0 Å². The first kappa shape index (κ1) is 15.8. The van der Waals surface area contributed by atoms with Crippen molar-refractivity contribution in [1.29, 1.82) is 0 Å². The second kappa shape index (κ2) is 10.5. The van der Waals surface area contributed by atoms with Crippen molar-refractivity contribution in [1.82, 2.24) is 0 Å². The molecule has 5 heteroatoms. The molecule has 4 nitrogen and oxygen atoms in total.